The summed E-state index contributed by atoms with van der Waals surface area (Å²) < 4.78 is 44.7. The van der Waals surface area contributed by atoms with Gasteiger partial charge in [0, 0.05) is 25.5 Å². The number of carbonyl (C=O) groups excluding carboxylic acids is 2. The van der Waals surface area contributed by atoms with E-state index in [9.17, 15) is 22.8 Å². The van der Waals surface area contributed by atoms with Crippen LogP contribution >= 0.6 is 0 Å². The van der Waals surface area contributed by atoms with Crippen molar-refractivity contribution in [2.75, 3.05) is 6.54 Å². The molecule has 0 saturated carbocycles. The van der Waals surface area contributed by atoms with Gasteiger partial charge in [-0.15, -0.1) is 5.10 Å². The van der Waals surface area contributed by atoms with Crippen molar-refractivity contribution in [1.82, 2.24) is 14.8 Å². The van der Waals surface area contributed by atoms with Crippen molar-refractivity contribution in [1.29, 1.82) is 0 Å². The lowest BCUT2D eigenvalue weighted by Crippen LogP contribution is -2.40. The van der Waals surface area contributed by atoms with Gasteiger partial charge in [-0.3, -0.25) is 0 Å². The van der Waals surface area contributed by atoms with Gasteiger partial charge in [0.25, 0.3) is 0 Å². The summed E-state index contributed by atoms with van der Waals surface area (Å²) >= 11 is 0. The van der Waals surface area contributed by atoms with Crippen molar-refractivity contribution >= 4 is 12.1 Å². The number of halogens is 3. The summed E-state index contributed by atoms with van der Waals surface area (Å²) in [7, 11) is 0. The highest BCUT2D eigenvalue weighted by atomic mass is 19.4. The Labute approximate surface area is 136 Å². The lowest BCUT2D eigenvalue weighted by Gasteiger charge is -2.30. The van der Waals surface area contributed by atoms with Crippen LogP contribution in [0.1, 0.15) is 44.6 Å². The molecule has 0 aromatic carbocycles. The van der Waals surface area contributed by atoms with Crippen molar-refractivity contribution in [2.45, 2.75) is 52.4 Å². The molecule has 2 rings (SSSR count). The van der Waals surface area contributed by atoms with Gasteiger partial charge in [0.15, 0.2) is 5.69 Å². The first-order chi connectivity index (χ1) is 10.9. The monoisotopic (exact) mass is 349 g/mol. The average Bonchev–Trinajstić information content (AvgIpc) is 2.74. The van der Waals surface area contributed by atoms with Crippen LogP contribution in [0, 0.1) is 0 Å². The second-order valence-electron chi connectivity index (χ2n) is 6.38. The molecule has 24 heavy (non-hydrogen) atoms. The van der Waals surface area contributed by atoms with Crippen LogP contribution in [0.25, 0.3) is 0 Å². The van der Waals surface area contributed by atoms with Crippen LogP contribution in [0.5, 0.6) is 0 Å². The Morgan fingerprint density at radius 1 is 1.21 bits per heavy atom. The van der Waals surface area contributed by atoms with E-state index in [0.29, 0.717) is 4.85 Å². The quantitative estimate of drug-likeness (QED) is 0.777. The molecule has 0 fully saturated rings. The molecule has 1 amide bonds. The molecular formula is C14H18F3N3O4. The van der Waals surface area contributed by atoms with Crippen LogP contribution in [0.2, 0.25) is 0 Å². The number of alkyl halides is 3. The highest BCUT2D eigenvalue weighted by Gasteiger charge is 2.42. The third-order valence-electron chi connectivity index (χ3n) is 3.16. The van der Waals surface area contributed by atoms with Gasteiger partial charge < -0.3 is 14.5 Å². The van der Waals surface area contributed by atoms with Crippen LogP contribution in [0.4, 0.5) is 18.0 Å². The highest BCUT2D eigenvalue weighted by molar-refractivity contribution is 5.69. The van der Waals surface area contributed by atoms with Crippen molar-refractivity contribution in [3.63, 3.8) is 0 Å². The number of amides is 1. The molecule has 10 heteroatoms. The largest absolute Gasteiger partial charge is 0.444 e. The number of hydrogen-bond acceptors (Lipinski definition) is 5. The van der Waals surface area contributed by atoms with E-state index in [4.69, 9.17) is 9.57 Å². The Morgan fingerprint density at radius 2 is 1.83 bits per heavy atom. The molecule has 0 radical (unpaired) electrons. The smallest absolute Gasteiger partial charge is 0.435 e. The molecule has 7 nitrogen and oxygen atoms in total. The lowest BCUT2D eigenvalue weighted by atomic mass is 10.1. The molecule has 0 unspecified atom stereocenters. The maximum Gasteiger partial charge on any atom is 0.435 e. The molecule has 0 saturated heterocycles. The normalized spacial score (nSPS) is 15.0. The van der Waals surface area contributed by atoms with Gasteiger partial charge in [-0.2, -0.15) is 13.2 Å². The zero-order valence-corrected chi connectivity index (χ0v) is 13.7. The second-order valence-corrected chi connectivity index (χ2v) is 6.38. The first kappa shape index (κ1) is 18.1. The zero-order valence-electron chi connectivity index (χ0n) is 13.7. The highest BCUT2D eigenvalue weighted by Crippen LogP contribution is 2.35. The predicted molar refractivity (Wildman–Crippen MR) is 74.8 cm³/mol. The molecule has 1 aliphatic heterocycles. The Morgan fingerprint density at radius 3 is 2.33 bits per heavy atom. The van der Waals surface area contributed by atoms with Gasteiger partial charge in [0.1, 0.15) is 5.60 Å². The number of ether oxygens (including phenoxy) is 1. The molecule has 0 spiro atoms. The fraction of sp³-hybridized carbons (Fsp3) is 0.643. The fourth-order valence-corrected chi connectivity index (χ4v) is 2.29. The summed E-state index contributed by atoms with van der Waals surface area (Å²) in [6.45, 7) is 5.88. The van der Waals surface area contributed by atoms with Gasteiger partial charge in [0.05, 0.1) is 12.2 Å². The molecule has 1 aromatic rings. The summed E-state index contributed by atoms with van der Waals surface area (Å²) in [5, 5.41) is 3.34. The van der Waals surface area contributed by atoms with E-state index in [2.05, 4.69) is 5.10 Å². The molecule has 0 aliphatic carbocycles. The molecule has 0 bridgehead atoms. The Hall–Kier alpha value is -2.26. The zero-order chi connectivity index (χ0) is 18.3. The molecule has 0 atom stereocenters. The van der Waals surface area contributed by atoms with Crippen molar-refractivity contribution < 1.29 is 32.3 Å². The minimum absolute atomic E-state index is 0.0605. The predicted octanol–water partition coefficient (Wildman–Crippen LogP) is 2.17. The first-order valence-electron chi connectivity index (χ1n) is 7.23. The van der Waals surface area contributed by atoms with E-state index in [1.165, 1.54) is 4.90 Å². The first-order valence-corrected chi connectivity index (χ1v) is 7.23. The topological polar surface area (TPSA) is 73.7 Å². The Bertz CT molecular complexity index is 661. The summed E-state index contributed by atoms with van der Waals surface area (Å²) in [6.07, 6.45) is -5.38. The molecule has 134 valence electrons. The van der Waals surface area contributed by atoms with E-state index < -0.39 is 29.5 Å². The maximum atomic E-state index is 13.2. The standard InChI is InChI=1S/C14H18F3N3O4/c1-8(21)24-20-10-5-6-19(12(22)23-13(2,3)4)7-9(10)11(18-20)14(15,16)17/h5-7H2,1-4H3. The number of hydrogen-bond donors (Lipinski definition) is 0. The van der Waals surface area contributed by atoms with E-state index in [1.54, 1.807) is 20.8 Å². The summed E-state index contributed by atoms with van der Waals surface area (Å²) in [4.78, 5) is 29.6. The van der Waals surface area contributed by atoms with Crippen molar-refractivity contribution in [2.24, 2.45) is 0 Å². The van der Waals surface area contributed by atoms with Crippen molar-refractivity contribution in [3.05, 3.63) is 17.0 Å². The molecule has 0 N–H and O–H groups in total. The van der Waals surface area contributed by atoms with Gasteiger partial charge in [-0.1, -0.05) is 4.85 Å². The minimum Gasteiger partial charge on any atom is -0.444 e. The summed E-state index contributed by atoms with van der Waals surface area (Å²) in [6, 6.07) is 0. The van der Waals surface area contributed by atoms with Crippen LogP contribution in [0.3, 0.4) is 0 Å². The van der Waals surface area contributed by atoms with Gasteiger partial charge >= 0.3 is 18.2 Å². The summed E-state index contributed by atoms with van der Waals surface area (Å²) in [5.74, 6) is -0.788. The third kappa shape index (κ3) is 3.98. The number of aromatic nitrogens is 2. The van der Waals surface area contributed by atoms with Gasteiger partial charge in [0.2, 0.25) is 0 Å². The van der Waals surface area contributed by atoms with Crippen LogP contribution in [0.15, 0.2) is 0 Å². The maximum absolute atomic E-state index is 13.2. The number of carbonyl (C=O) groups is 2. The van der Waals surface area contributed by atoms with Gasteiger partial charge in [-0.25, -0.2) is 9.59 Å². The molecular weight excluding hydrogens is 331 g/mol. The van der Waals surface area contributed by atoms with Crippen LogP contribution in [-0.4, -0.2) is 39.1 Å². The van der Waals surface area contributed by atoms with E-state index in [-0.39, 0.29) is 30.8 Å². The average molecular weight is 349 g/mol. The van der Waals surface area contributed by atoms with Crippen molar-refractivity contribution in [3.8, 4) is 0 Å². The Balaban J connectivity index is 2.33. The minimum atomic E-state index is -4.73. The number of rotatable bonds is 1. The molecule has 1 aromatic heterocycles. The molecule has 2 heterocycles. The van der Waals surface area contributed by atoms with E-state index >= 15 is 0 Å². The number of fused-ring (bicyclic) bond motifs is 1. The fourth-order valence-electron chi connectivity index (χ4n) is 2.29. The van der Waals surface area contributed by atoms with Crippen LogP contribution in [-0.2, 0) is 28.7 Å². The van der Waals surface area contributed by atoms with E-state index in [1.807, 2.05) is 0 Å². The number of nitrogens with zero attached hydrogens (tertiary/aromatic N) is 3. The molecule has 1 aliphatic rings. The lowest BCUT2D eigenvalue weighted by molar-refractivity contribution is -0.149. The van der Waals surface area contributed by atoms with Gasteiger partial charge in [-0.05, 0) is 20.8 Å². The van der Waals surface area contributed by atoms with E-state index in [0.717, 1.165) is 6.92 Å². The Kier molecular flexibility index (Phi) is 4.51. The summed E-state index contributed by atoms with van der Waals surface area (Å²) in [5.41, 5.74) is -2.00. The second kappa shape index (κ2) is 5.99. The van der Waals surface area contributed by atoms with Crippen LogP contribution < -0.4 is 4.84 Å². The third-order valence-corrected chi connectivity index (χ3v) is 3.16. The SMILES string of the molecule is CC(=O)On1nc(C(F)(F)F)c2c1CCN(C(=O)OC(C)(C)C)C2.